The number of hydrogen-bond donors (Lipinski definition) is 2. The van der Waals surface area contributed by atoms with Gasteiger partial charge in [-0.1, -0.05) is 34.2 Å². The molecular weight excluding hydrogens is 195 g/mol. The van der Waals surface area contributed by atoms with E-state index in [-0.39, 0.29) is 0 Å². The van der Waals surface area contributed by atoms with Crippen LogP contribution in [0.4, 0.5) is 0 Å². The molecule has 0 fully saturated rings. The summed E-state index contributed by atoms with van der Waals surface area (Å²) >= 11 is 3.37. The molecule has 1 unspecified atom stereocenters. The molecule has 0 radical (unpaired) electrons. The van der Waals surface area contributed by atoms with E-state index in [4.69, 9.17) is 10.0 Å². The maximum absolute atomic E-state index is 8.68. The first-order valence-electron chi connectivity index (χ1n) is 3.08. The van der Waals surface area contributed by atoms with Gasteiger partial charge in [0.05, 0.1) is 0 Å². The number of allylic oxidation sites excluding steroid dienone is 4. The Morgan fingerprint density at radius 2 is 2.30 bits per heavy atom. The van der Waals surface area contributed by atoms with Gasteiger partial charge in [0.1, 0.15) is 0 Å². The molecule has 0 saturated carbocycles. The average molecular weight is 203 g/mol. The van der Waals surface area contributed by atoms with Crippen LogP contribution < -0.4 is 0 Å². The van der Waals surface area contributed by atoms with Crippen molar-refractivity contribution in [2.75, 3.05) is 0 Å². The summed E-state index contributed by atoms with van der Waals surface area (Å²) in [6.45, 7) is 0. The van der Waals surface area contributed by atoms with Crippen LogP contribution in [0.25, 0.3) is 0 Å². The number of halogens is 1. The number of alkyl halides is 1. The standard InChI is InChI=1S/C6H8BBrO2/c8-6-3-1-5(2-4-6)7(9)10/h1-3,6,9-10H,4H2. The zero-order chi connectivity index (χ0) is 7.56. The monoisotopic (exact) mass is 202 g/mol. The average Bonchev–Trinajstić information content (AvgIpc) is 1.88. The molecule has 0 amide bonds. The van der Waals surface area contributed by atoms with Crippen molar-refractivity contribution in [3.8, 4) is 0 Å². The summed E-state index contributed by atoms with van der Waals surface area (Å²) in [5.41, 5.74) is 0.579. The quantitative estimate of drug-likeness (QED) is 0.485. The number of rotatable bonds is 1. The predicted octanol–water partition coefficient (Wildman–Crippen LogP) is 0.648. The van der Waals surface area contributed by atoms with E-state index in [1.807, 2.05) is 12.2 Å². The molecule has 54 valence electrons. The zero-order valence-electron chi connectivity index (χ0n) is 5.37. The fourth-order valence-corrected chi connectivity index (χ4v) is 1.14. The van der Waals surface area contributed by atoms with Crippen molar-refractivity contribution in [2.24, 2.45) is 0 Å². The van der Waals surface area contributed by atoms with E-state index in [0.717, 1.165) is 6.42 Å². The van der Waals surface area contributed by atoms with E-state index in [0.29, 0.717) is 10.3 Å². The van der Waals surface area contributed by atoms with Crippen molar-refractivity contribution in [1.29, 1.82) is 0 Å². The molecule has 1 atom stereocenters. The van der Waals surface area contributed by atoms with Crippen LogP contribution in [-0.2, 0) is 0 Å². The Balaban J connectivity index is 2.59. The second-order valence-corrected chi connectivity index (χ2v) is 3.36. The molecule has 10 heavy (non-hydrogen) atoms. The van der Waals surface area contributed by atoms with Gasteiger partial charge in [-0.05, 0) is 11.9 Å². The Bertz CT molecular complexity index is 177. The Morgan fingerprint density at radius 1 is 1.60 bits per heavy atom. The topological polar surface area (TPSA) is 40.5 Å². The van der Waals surface area contributed by atoms with E-state index >= 15 is 0 Å². The summed E-state index contributed by atoms with van der Waals surface area (Å²) in [5, 5.41) is 17.4. The largest absolute Gasteiger partial charge is 0.488 e. The summed E-state index contributed by atoms with van der Waals surface area (Å²) in [6, 6.07) is 0. The van der Waals surface area contributed by atoms with Gasteiger partial charge in [0.15, 0.2) is 0 Å². The van der Waals surface area contributed by atoms with Gasteiger partial charge in [0.25, 0.3) is 0 Å². The van der Waals surface area contributed by atoms with Crippen molar-refractivity contribution < 1.29 is 10.0 Å². The molecule has 4 heteroatoms. The van der Waals surface area contributed by atoms with Crippen molar-refractivity contribution in [3.63, 3.8) is 0 Å². The molecule has 0 aromatic heterocycles. The van der Waals surface area contributed by atoms with Gasteiger partial charge < -0.3 is 10.0 Å². The highest BCUT2D eigenvalue weighted by atomic mass is 79.9. The van der Waals surface area contributed by atoms with Crippen molar-refractivity contribution >= 4 is 23.0 Å². The first kappa shape index (κ1) is 8.05. The second-order valence-electron chi connectivity index (χ2n) is 2.19. The molecular formula is C6H8BBrO2. The summed E-state index contributed by atoms with van der Waals surface area (Å²) in [6.07, 6.45) is 6.25. The highest BCUT2D eigenvalue weighted by Crippen LogP contribution is 2.16. The second kappa shape index (κ2) is 3.37. The maximum atomic E-state index is 8.68. The van der Waals surface area contributed by atoms with E-state index in [9.17, 15) is 0 Å². The molecule has 1 aliphatic rings. The van der Waals surface area contributed by atoms with Crippen molar-refractivity contribution in [2.45, 2.75) is 11.2 Å². The molecule has 2 N–H and O–H groups in total. The highest BCUT2D eigenvalue weighted by molar-refractivity contribution is 9.09. The molecule has 1 rings (SSSR count). The lowest BCUT2D eigenvalue weighted by Gasteiger charge is -2.08. The zero-order valence-corrected chi connectivity index (χ0v) is 6.95. The van der Waals surface area contributed by atoms with Crippen LogP contribution in [0.1, 0.15) is 6.42 Å². The van der Waals surface area contributed by atoms with Crippen LogP contribution in [0, 0.1) is 0 Å². The first-order chi connectivity index (χ1) is 4.70. The lowest BCUT2D eigenvalue weighted by molar-refractivity contribution is 0.420. The van der Waals surface area contributed by atoms with Crippen molar-refractivity contribution in [3.05, 3.63) is 23.7 Å². The molecule has 0 heterocycles. The minimum absolute atomic E-state index is 0.343. The van der Waals surface area contributed by atoms with E-state index in [2.05, 4.69) is 15.9 Å². The highest BCUT2D eigenvalue weighted by Gasteiger charge is 2.14. The Kier molecular flexibility index (Phi) is 2.71. The molecule has 0 aromatic rings. The van der Waals surface area contributed by atoms with Crippen LogP contribution in [0.3, 0.4) is 0 Å². The minimum Gasteiger partial charge on any atom is -0.423 e. The van der Waals surface area contributed by atoms with Gasteiger partial charge in [0.2, 0.25) is 0 Å². The van der Waals surface area contributed by atoms with Crippen LogP contribution in [0.5, 0.6) is 0 Å². The van der Waals surface area contributed by atoms with Gasteiger partial charge in [0, 0.05) is 4.83 Å². The first-order valence-corrected chi connectivity index (χ1v) is 4.00. The third-order valence-electron chi connectivity index (χ3n) is 1.37. The van der Waals surface area contributed by atoms with Crippen LogP contribution in [0.2, 0.25) is 0 Å². The summed E-state index contributed by atoms with van der Waals surface area (Å²) in [4.78, 5) is 0.343. The van der Waals surface area contributed by atoms with E-state index in [1.165, 1.54) is 0 Å². The van der Waals surface area contributed by atoms with Gasteiger partial charge in [-0.15, -0.1) is 0 Å². The van der Waals surface area contributed by atoms with Gasteiger partial charge in [-0.2, -0.15) is 0 Å². The molecule has 0 bridgehead atoms. The third-order valence-corrected chi connectivity index (χ3v) is 2.05. The van der Waals surface area contributed by atoms with Gasteiger partial charge >= 0.3 is 7.12 Å². The smallest absolute Gasteiger partial charge is 0.423 e. The van der Waals surface area contributed by atoms with Crippen LogP contribution in [0.15, 0.2) is 23.7 Å². The molecule has 0 aliphatic heterocycles. The SMILES string of the molecule is OB(O)C1=CCC(Br)C=C1. The molecule has 0 saturated heterocycles. The molecule has 0 spiro atoms. The van der Waals surface area contributed by atoms with E-state index < -0.39 is 7.12 Å². The molecule has 2 nitrogen and oxygen atoms in total. The molecule has 1 aliphatic carbocycles. The maximum Gasteiger partial charge on any atom is 0.488 e. The van der Waals surface area contributed by atoms with Crippen molar-refractivity contribution in [1.82, 2.24) is 0 Å². The normalized spacial score (nSPS) is 24.3. The fourth-order valence-electron chi connectivity index (χ4n) is 0.802. The predicted molar refractivity (Wildman–Crippen MR) is 44.7 cm³/mol. The summed E-state index contributed by atoms with van der Waals surface area (Å²) in [5.74, 6) is 0. The third kappa shape index (κ3) is 1.97. The Labute approximate surface area is 68.5 Å². The van der Waals surface area contributed by atoms with Crippen LogP contribution in [-0.4, -0.2) is 22.0 Å². The van der Waals surface area contributed by atoms with Gasteiger partial charge in [-0.3, -0.25) is 0 Å². The number of hydrogen-bond acceptors (Lipinski definition) is 2. The molecule has 0 aromatic carbocycles. The summed E-state index contributed by atoms with van der Waals surface area (Å²) in [7, 11) is -1.32. The van der Waals surface area contributed by atoms with Gasteiger partial charge in [-0.25, -0.2) is 0 Å². The Morgan fingerprint density at radius 3 is 2.70 bits per heavy atom. The van der Waals surface area contributed by atoms with Crippen LogP contribution >= 0.6 is 15.9 Å². The lowest BCUT2D eigenvalue weighted by Crippen LogP contribution is -2.16. The van der Waals surface area contributed by atoms with E-state index in [1.54, 1.807) is 6.08 Å². The lowest BCUT2D eigenvalue weighted by atomic mass is 9.77. The summed E-state index contributed by atoms with van der Waals surface area (Å²) < 4.78 is 0. The Hall–Kier alpha value is -0.0551. The minimum atomic E-state index is -1.32. The fraction of sp³-hybridized carbons (Fsp3) is 0.333.